The Balaban J connectivity index is 0.000000211. The van der Waals surface area contributed by atoms with Gasteiger partial charge in [-0.25, -0.2) is 14.6 Å². The monoisotopic (exact) mass is 330 g/mol. The van der Waals surface area contributed by atoms with Crippen molar-refractivity contribution in [2.75, 3.05) is 0 Å². The maximum absolute atomic E-state index is 10.4. The lowest BCUT2D eigenvalue weighted by Crippen LogP contribution is -2.05. The van der Waals surface area contributed by atoms with Crippen molar-refractivity contribution in [1.29, 1.82) is 0 Å². The number of carboxylic acids is 2. The summed E-state index contributed by atoms with van der Waals surface area (Å²) in [5, 5.41) is 17.1. The first kappa shape index (κ1) is 16.7. The summed E-state index contributed by atoms with van der Waals surface area (Å²) in [6, 6.07) is 3.67. The second-order valence-corrected chi connectivity index (χ2v) is 4.31. The molecule has 7 nitrogen and oxygen atoms in total. The van der Waals surface area contributed by atoms with Gasteiger partial charge in [-0.2, -0.15) is 0 Å². The molecule has 0 aliphatic heterocycles. The Labute approximate surface area is 127 Å². The lowest BCUT2D eigenvalue weighted by molar-refractivity contribution is 0.0685. The van der Waals surface area contributed by atoms with E-state index in [1.54, 1.807) is 0 Å². The summed E-state index contributed by atoms with van der Waals surface area (Å²) in [5.74, 6) is -2.12. The van der Waals surface area contributed by atoms with Gasteiger partial charge >= 0.3 is 11.9 Å². The molecule has 9 heteroatoms. The smallest absolute Gasteiger partial charge is 0.337 e. The first-order valence-electron chi connectivity index (χ1n) is 5.27. The Morgan fingerprint density at radius 3 is 2.14 bits per heavy atom. The van der Waals surface area contributed by atoms with E-state index in [-0.39, 0.29) is 26.9 Å². The van der Waals surface area contributed by atoms with Crippen LogP contribution in [0.5, 0.6) is 0 Å². The van der Waals surface area contributed by atoms with Gasteiger partial charge in [-0.05, 0) is 12.1 Å². The zero-order valence-electron chi connectivity index (χ0n) is 10.2. The minimum Gasteiger partial charge on any atom is -0.478 e. The molecule has 110 valence electrons. The van der Waals surface area contributed by atoms with E-state index in [1.165, 1.54) is 18.2 Å². The maximum atomic E-state index is 10.4. The number of aromatic nitrogens is 2. The summed E-state index contributed by atoms with van der Waals surface area (Å²) in [5.41, 5.74) is -0.191. The Hall–Kier alpha value is -2.38. The van der Waals surface area contributed by atoms with E-state index in [1.807, 2.05) is 0 Å². The van der Waals surface area contributed by atoms with Crippen LogP contribution in [0.1, 0.15) is 20.7 Å². The normalized spacial score (nSPS) is 9.43. The average Bonchev–Trinajstić information content (AvgIpc) is 2.43. The lowest BCUT2D eigenvalue weighted by Gasteiger charge is -1.95. The van der Waals surface area contributed by atoms with Crippen LogP contribution in [0.25, 0.3) is 0 Å². The van der Waals surface area contributed by atoms with Gasteiger partial charge in [0.05, 0.1) is 16.1 Å². The van der Waals surface area contributed by atoms with Crippen molar-refractivity contribution in [3.05, 3.63) is 62.2 Å². The molecule has 0 saturated carbocycles. The third kappa shape index (κ3) is 5.25. The number of rotatable bonds is 2. The van der Waals surface area contributed by atoms with Crippen molar-refractivity contribution >= 4 is 35.1 Å². The van der Waals surface area contributed by atoms with Crippen LogP contribution in [0, 0.1) is 0 Å². The van der Waals surface area contributed by atoms with Gasteiger partial charge in [0, 0.05) is 18.5 Å². The van der Waals surface area contributed by atoms with Crippen LogP contribution >= 0.6 is 23.2 Å². The number of hydrogen-bond donors (Lipinski definition) is 3. The molecule has 2 rings (SSSR count). The van der Waals surface area contributed by atoms with E-state index in [0.29, 0.717) is 0 Å². The Kier molecular flexibility index (Phi) is 5.89. The van der Waals surface area contributed by atoms with Crippen LogP contribution in [-0.4, -0.2) is 32.1 Å². The van der Waals surface area contributed by atoms with Crippen LogP contribution < -0.4 is 5.56 Å². The number of aromatic carboxylic acids is 2. The largest absolute Gasteiger partial charge is 0.478 e. The van der Waals surface area contributed by atoms with Crippen molar-refractivity contribution in [1.82, 2.24) is 9.97 Å². The summed E-state index contributed by atoms with van der Waals surface area (Å²) in [6.45, 7) is 0. The van der Waals surface area contributed by atoms with Crippen LogP contribution in [0.15, 0.2) is 35.4 Å². The molecule has 0 unspecified atom stereocenters. The standard InChI is InChI=1S/C6H3Cl2NO2.C6H5NO3/c7-4-1-3(6(10)11)2-9-5(4)8;8-5-2-1-4(3-7-5)6(9)10/h1-2H,(H,10,11);1-3H,(H,7,8)(H,9,10). The number of carbonyl (C=O) groups is 2. The number of carboxylic acid groups (broad SMARTS) is 2. The van der Waals surface area contributed by atoms with E-state index < -0.39 is 11.9 Å². The van der Waals surface area contributed by atoms with Crippen LogP contribution in [0.2, 0.25) is 10.2 Å². The summed E-state index contributed by atoms with van der Waals surface area (Å²) < 4.78 is 0. The van der Waals surface area contributed by atoms with Crippen LogP contribution in [0.4, 0.5) is 0 Å². The number of pyridine rings is 2. The molecule has 2 heterocycles. The predicted molar refractivity (Wildman–Crippen MR) is 75.2 cm³/mol. The second kappa shape index (κ2) is 7.41. The molecule has 0 atom stereocenters. The molecule has 0 saturated heterocycles. The number of H-pyrrole nitrogens is 1. The van der Waals surface area contributed by atoms with E-state index in [0.717, 1.165) is 12.4 Å². The molecular weight excluding hydrogens is 323 g/mol. The molecule has 0 aromatic carbocycles. The number of aromatic amines is 1. The molecule has 2 aromatic heterocycles. The molecule has 2 aromatic rings. The molecule has 3 N–H and O–H groups in total. The Bertz CT molecular complexity index is 709. The van der Waals surface area contributed by atoms with Crippen LogP contribution in [-0.2, 0) is 0 Å². The highest BCUT2D eigenvalue weighted by Crippen LogP contribution is 2.19. The Morgan fingerprint density at radius 2 is 1.71 bits per heavy atom. The average molecular weight is 331 g/mol. The zero-order chi connectivity index (χ0) is 16.0. The summed E-state index contributed by atoms with van der Waals surface area (Å²) >= 11 is 10.9. The minimum atomic E-state index is -1.07. The molecule has 0 bridgehead atoms. The molecule has 0 amide bonds. The molecular formula is C12H8Cl2N2O5. The fraction of sp³-hybridized carbons (Fsp3) is 0. The highest BCUT2D eigenvalue weighted by atomic mass is 35.5. The van der Waals surface area contributed by atoms with Crippen molar-refractivity contribution in [2.24, 2.45) is 0 Å². The quantitative estimate of drug-likeness (QED) is 0.725. The highest BCUT2D eigenvalue weighted by Gasteiger charge is 2.05. The van der Waals surface area contributed by atoms with Crippen molar-refractivity contribution in [3.63, 3.8) is 0 Å². The van der Waals surface area contributed by atoms with E-state index in [2.05, 4.69) is 9.97 Å². The van der Waals surface area contributed by atoms with Crippen LogP contribution in [0.3, 0.4) is 0 Å². The second-order valence-electron chi connectivity index (χ2n) is 3.55. The third-order valence-electron chi connectivity index (χ3n) is 2.07. The molecule has 0 spiro atoms. The maximum Gasteiger partial charge on any atom is 0.337 e. The lowest BCUT2D eigenvalue weighted by atomic mass is 10.3. The van der Waals surface area contributed by atoms with Crippen molar-refractivity contribution in [3.8, 4) is 0 Å². The summed E-state index contributed by atoms with van der Waals surface area (Å²) in [7, 11) is 0. The van der Waals surface area contributed by atoms with Gasteiger partial charge in [-0.3, -0.25) is 4.79 Å². The SMILES string of the molecule is O=C(O)c1ccc(=O)[nH]c1.O=C(O)c1cnc(Cl)c(Cl)c1. The minimum absolute atomic E-state index is 0.0272. The highest BCUT2D eigenvalue weighted by molar-refractivity contribution is 6.41. The fourth-order valence-corrected chi connectivity index (χ4v) is 1.35. The molecule has 0 radical (unpaired) electrons. The van der Waals surface area contributed by atoms with E-state index in [9.17, 15) is 14.4 Å². The van der Waals surface area contributed by atoms with Gasteiger partial charge in [0.2, 0.25) is 5.56 Å². The van der Waals surface area contributed by atoms with Gasteiger partial charge in [0.1, 0.15) is 5.15 Å². The number of halogens is 2. The van der Waals surface area contributed by atoms with Gasteiger partial charge in [-0.15, -0.1) is 0 Å². The third-order valence-corrected chi connectivity index (χ3v) is 2.76. The molecule has 0 aliphatic rings. The van der Waals surface area contributed by atoms with Gasteiger partial charge in [0.15, 0.2) is 0 Å². The first-order chi connectivity index (χ1) is 9.81. The molecule has 0 fully saturated rings. The Morgan fingerprint density at radius 1 is 1.10 bits per heavy atom. The number of nitrogens with zero attached hydrogens (tertiary/aromatic N) is 1. The van der Waals surface area contributed by atoms with Crippen molar-refractivity contribution < 1.29 is 19.8 Å². The number of hydrogen-bond acceptors (Lipinski definition) is 4. The molecule has 0 aliphatic carbocycles. The predicted octanol–water partition coefficient (Wildman–Crippen LogP) is 2.16. The summed E-state index contributed by atoms with van der Waals surface area (Å²) in [4.78, 5) is 36.7. The van der Waals surface area contributed by atoms with Gasteiger partial charge in [0.25, 0.3) is 0 Å². The van der Waals surface area contributed by atoms with Gasteiger partial charge in [-0.1, -0.05) is 23.2 Å². The van der Waals surface area contributed by atoms with E-state index >= 15 is 0 Å². The topological polar surface area (TPSA) is 120 Å². The molecule has 21 heavy (non-hydrogen) atoms. The summed E-state index contributed by atoms with van der Waals surface area (Å²) in [6.07, 6.45) is 2.31. The van der Waals surface area contributed by atoms with E-state index in [4.69, 9.17) is 33.4 Å². The zero-order valence-corrected chi connectivity index (χ0v) is 11.7. The van der Waals surface area contributed by atoms with Crippen molar-refractivity contribution in [2.45, 2.75) is 0 Å². The first-order valence-corrected chi connectivity index (χ1v) is 6.03. The fourth-order valence-electron chi connectivity index (χ4n) is 1.08. The van der Waals surface area contributed by atoms with Gasteiger partial charge < -0.3 is 15.2 Å². The number of nitrogens with one attached hydrogen (secondary N) is 1.